The molecule has 0 radical (unpaired) electrons. The van der Waals surface area contributed by atoms with Gasteiger partial charge in [0.2, 0.25) is 0 Å². The topological polar surface area (TPSA) is 71.9 Å². The number of nitrogens with zero attached hydrogens (tertiary/aromatic N) is 2. The van der Waals surface area contributed by atoms with Crippen molar-refractivity contribution in [1.82, 2.24) is 9.88 Å². The van der Waals surface area contributed by atoms with Gasteiger partial charge in [-0.3, -0.25) is 9.78 Å². The van der Waals surface area contributed by atoms with Gasteiger partial charge in [0.1, 0.15) is 11.5 Å². The van der Waals surface area contributed by atoms with Crippen molar-refractivity contribution >= 4 is 28.6 Å². The molecule has 0 aliphatic carbocycles. The minimum absolute atomic E-state index is 0.232. The molecule has 7 heteroatoms. The summed E-state index contributed by atoms with van der Waals surface area (Å²) in [5.41, 5.74) is 2.22. The van der Waals surface area contributed by atoms with E-state index in [0.29, 0.717) is 6.54 Å². The van der Waals surface area contributed by atoms with Crippen LogP contribution in [0, 0.1) is 11.8 Å². The van der Waals surface area contributed by atoms with Gasteiger partial charge in [-0.1, -0.05) is 0 Å². The SMILES string of the molecule is COc1ccc(SCCCN2CC[C@@H](CCCc3ccnc4ccc(OC)cc34)[C@@H](C(=O)O)C2)cc1. The lowest BCUT2D eigenvalue weighted by Crippen LogP contribution is -2.44. The number of benzene rings is 2. The van der Waals surface area contributed by atoms with Crippen LogP contribution in [0.3, 0.4) is 0 Å². The Bertz CT molecular complexity index is 1140. The van der Waals surface area contributed by atoms with E-state index >= 15 is 0 Å². The molecule has 0 amide bonds. The number of piperidine rings is 1. The first kappa shape index (κ1) is 26.3. The fraction of sp³-hybridized carbons (Fsp3) is 0.448. The lowest BCUT2D eigenvalue weighted by Gasteiger charge is -2.36. The van der Waals surface area contributed by atoms with Crippen LogP contribution in [0.25, 0.3) is 10.9 Å². The van der Waals surface area contributed by atoms with Gasteiger partial charge in [0.25, 0.3) is 0 Å². The maximum Gasteiger partial charge on any atom is 0.308 e. The maximum atomic E-state index is 12.1. The minimum Gasteiger partial charge on any atom is -0.497 e. The number of rotatable bonds is 12. The van der Waals surface area contributed by atoms with Crippen molar-refractivity contribution in [2.24, 2.45) is 11.8 Å². The Morgan fingerprint density at radius 2 is 1.86 bits per heavy atom. The van der Waals surface area contributed by atoms with Crippen LogP contribution < -0.4 is 9.47 Å². The van der Waals surface area contributed by atoms with Crippen LogP contribution in [0.2, 0.25) is 0 Å². The maximum absolute atomic E-state index is 12.1. The van der Waals surface area contributed by atoms with Crippen molar-refractivity contribution in [2.45, 2.75) is 37.0 Å². The third-order valence-corrected chi connectivity index (χ3v) is 8.26. The predicted molar refractivity (Wildman–Crippen MR) is 145 cm³/mol. The average Bonchev–Trinajstić information content (AvgIpc) is 2.91. The number of methoxy groups -OCH3 is 2. The monoisotopic (exact) mass is 508 g/mol. The van der Waals surface area contributed by atoms with Crippen LogP contribution >= 0.6 is 11.8 Å². The number of fused-ring (bicyclic) bond motifs is 1. The normalized spacial score (nSPS) is 18.3. The smallest absolute Gasteiger partial charge is 0.308 e. The highest BCUT2D eigenvalue weighted by Gasteiger charge is 2.33. The number of carbonyl (C=O) groups is 1. The minimum atomic E-state index is -0.656. The average molecular weight is 509 g/mol. The lowest BCUT2D eigenvalue weighted by molar-refractivity contribution is -0.146. The standard InChI is InChI=1S/C29H36N2O4S/c1-34-23-7-10-25(11-8-23)36-18-4-16-31-17-14-22(27(20-31)29(32)33)6-3-5-21-13-15-30-28-12-9-24(35-2)19-26(21)28/h7-13,15,19,22,27H,3-6,14,16-18,20H2,1-2H3,(H,32,33)/t22-,27+/m1/s1. The molecule has 2 atom stereocenters. The zero-order valence-corrected chi connectivity index (χ0v) is 22.0. The lowest BCUT2D eigenvalue weighted by atomic mass is 9.81. The van der Waals surface area contributed by atoms with Crippen molar-refractivity contribution in [3.63, 3.8) is 0 Å². The summed E-state index contributed by atoms with van der Waals surface area (Å²) < 4.78 is 10.6. The van der Waals surface area contributed by atoms with Crippen molar-refractivity contribution < 1.29 is 19.4 Å². The number of hydrogen-bond acceptors (Lipinski definition) is 6. The van der Waals surface area contributed by atoms with E-state index in [-0.39, 0.29) is 11.8 Å². The van der Waals surface area contributed by atoms with E-state index in [4.69, 9.17) is 9.47 Å². The number of carboxylic acid groups (broad SMARTS) is 1. The highest BCUT2D eigenvalue weighted by atomic mass is 32.2. The number of aliphatic carboxylic acids is 1. The van der Waals surface area contributed by atoms with Gasteiger partial charge in [-0.25, -0.2) is 0 Å². The second-order valence-corrected chi connectivity index (χ2v) is 10.6. The second kappa shape index (κ2) is 13.0. The molecule has 2 aromatic carbocycles. The van der Waals surface area contributed by atoms with Crippen LogP contribution in [-0.2, 0) is 11.2 Å². The Balaban J connectivity index is 1.24. The summed E-state index contributed by atoms with van der Waals surface area (Å²) in [7, 11) is 3.35. The van der Waals surface area contributed by atoms with Crippen molar-refractivity contribution in [2.75, 3.05) is 39.6 Å². The quantitative estimate of drug-likeness (QED) is 0.246. The highest BCUT2D eigenvalue weighted by molar-refractivity contribution is 7.99. The number of aryl methyl sites for hydroxylation is 1. The van der Waals surface area contributed by atoms with Crippen LogP contribution in [0.4, 0.5) is 0 Å². The largest absolute Gasteiger partial charge is 0.497 e. The Hall–Kier alpha value is -2.77. The zero-order valence-electron chi connectivity index (χ0n) is 21.2. The Kier molecular flexibility index (Phi) is 9.47. The Morgan fingerprint density at radius 3 is 2.61 bits per heavy atom. The molecule has 6 nitrogen and oxygen atoms in total. The van der Waals surface area contributed by atoms with Gasteiger partial charge in [0, 0.05) is 23.0 Å². The molecule has 0 unspecified atom stereocenters. The van der Waals surface area contributed by atoms with Crippen molar-refractivity contribution in [1.29, 1.82) is 0 Å². The zero-order chi connectivity index (χ0) is 25.3. The Morgan fingerprint density at radius 1 is 1.08 bits per heavy atom. The molecule has 1 aromatic heterocycles. The van der Waals surface area contributed by atoms with Crippen LogP contribution in [0.5, 0.6) is 11.5 Å². The molecule has 1 aliphatic rings. The summed E-state index contributed by atoms with van der Waals surface area (Å²) in [6.45, 7) is 2.59. The summed E-state index contributed by atoms with van der Waals surface area (Å²) in [5.74, 6) is 2.01. The highest BCUT2D eigenvalue weighted by Crippen LogP contribution is 2.30. The van der Waals surface area contributed by atoms with Gasteiger partial charge in [-0.2, -0.15) is 0 Å². The number of ether oxygens (including phenoxy) is 2. The molecule has 3 aromatic rings. The van der Waals surface area contributed by atoms with Crippen molar-refractivity contribution in [3.05, 3.63) is 60.3 Å². The molecule has 2 heterocycles. The molecule has 0 saturated carbocycles. The van der Waals surface area contributed by atoms with E-state index in [9.17, 15) is 9.90 Å². The molecular weight excluding hydrogens is 472 g/mol. The van der Waals surface area contributed by atoms with E-state index in [1.807, 2.05) is 48.3 Å². The number of aromatic nitrogens is 1. The molecular formula is C29H36N2O4S. The molecule has 1 aliphatic heterocycles. The van der Waals surface area contributed by atoms with Crippen LogP contribution in [0.1, 0.15) is 31.2 Å². The molecule has 1 fully saturated rings. The molecule has 1 saturated heterocycles. The number of likely N-dealkylation sites (tertiary alicyclic amines) is 1. The van der Waals surface area contributed by atoms with Gasteiger partial charge < -0.3 is 19.5 Å². The summed E-state index contributed by atoms with van der Waals surface area (Å²) in [4.78, 5) is 20.1. The van der Waals surface area contributed by atoms with E-state index < -0.39 is 5.97 Å². The third kappa shape index (κ3) is 6.92. The molecule has 36 heavy (non-hydrogen) atoms. The predicted octanol–water partition coefficient (Wildman–Crippen LogP) is 5.78. The van der Waals surface area contributed by atoms with Crippen molar-refractivity contribution in [3.8, 4) is 11.5 Å². The van der Waals surface area contributed by atoms with E-state index in [1.54, 1.807) is 14.2 Å². The van der Waals surface area contributed by atoms with Gasteiger partial charge in [0.15, 0.2) is 0 Å². The number of thioether (sulfide) groups is 1. The third-order valence-electron chi connectivity index (χ3n) is 7.16. The first-order valence-corrected chi connectivity index (χ1v) is 13.7. The van der Waals surface area contributed by atoms with Gasteiger partial charge in [0.05, 0.1) is 25.7 Å². The molecule has 0 spiro atoms. The number of pyridine rings is 1. The van der Waals surface area contributed by atoms with Gasteiger partial charge in [-0.05, 0) is 111 Å². The fourth-order valence-corrected chi connectivity index (χ4v) is 5.97. The summed E-state index contributed by atoms with van der Waals surface area (Å²) in [5, 5.41) is 11.1. The van der Waals surface area contributed by atoms with Gasteiger partial charge >= 0.3 is 5.97 Å². The summed E-state index contributed by atoms with van der Waals surface area (Å²) in [6, 6.07) is 16.2. The van der Waals surface area contributed by atoms with E-state index in [0.717, 1.165) is 73.3 Å². The first-order chi connectivity index (χ1) is 17.6. The second-order valence-electron chi connectivity index (χ2n) is 9.42. The first-order valence-electron chi connectivity index (χ1n) is 12.7. The van der Waals surface area contributed by atoms with E-state index in [2.05, 4.69) is 28.1 Å². The number of carboxylic acids is 1. The molecule has 0 bridgehead atoms. The van der Waals surface area contributed by atoms with Crippen LogP contribution in [-0.4, -0.2) is 60.6 Å². The molecule has 4 rings (SSSR count). The van der Waals surface area contributed by atoms with Gasteiger partial charge in [-0.15, -0.1) is 11.8 Å². The fourth-order valence-electron chi connectivity index (χ4n) is 5.13. The Labute approximate surface area is 218 Å². The molecule has 1 N–H and O–H groups in total. The summed E-state index contributed by atoms with van der Waals surface area (Å²) in [6.07, 6.45) is 6.69. The van der Waals surface area contributed by atoms with E-state index in [1.165, 1.54) is 10.5 Å². The number of hydrogen-bond donors (Lipinski definition) is 1. The molecule has 192 valence electrons. The van der Waals surface area contributed by atoms with Crippen LogP contribution in [0.15, 0.2) is 59.6 Å². The summed E-state index contributed by atoms with van der Waals surface area (Å²) >= 11 is 1.84.